The fraction of sp³-hybridized carbons (Fsp3) is 1.00. The lowest BCUT2D eigenvalue weighted by Gasteiger charge is -2.30. The zero-order valence-electron chi connectivity index (χ0n) is 11.4. The number of likely N-dealkylation sites (tertiary alicyclic amines) is 2. The first-order chi connectivity index (χ1) is 8.16. The molecule has 2 heterocycles. The van der Waals surface area contributed by atoms with Gasteiger partial charge < -0.3 is 14.9 Å². The lowest BCUT2D eigenvalue weighted by molar-refractivity contribution is 0.0577. The van der Waals surface area contributed by atoms with E-state index in [0.717, 1.165) is 13.1 Å². The van der Waals surface area contributed by atoms with Crippen LogP contribution in [0, 0.1) is 5.92 Å². The SMILES string of the molecule is CC(C)N1CCC(C(O)CN2CCCCC2)C1. The van der Waals surface area contributed by atoms with E-state index >= 15 is 0 Å². The first-order valence-electron chi connectivity index (χ1n) is 7.31. The van der Waals surface area contributed by atoms with Gasteiger partial charge in [-0.25, -0.2) is 0 Å². The summed E-state index contributed by atoms with van der Waals surface area (Å²) in [5.41, 5.74) is 0. The number of piperidine rings is 1. The molecule has 2 aliphatic heterocycles. The summed E-state index contributed by atoms with van der Waals surface area (Å²) in [5, 5.41) is 10.3. The summed E-state index contributed by atoms with van der Waals surface area (Å²) in [6.45, 7) is 10.0. The van der Waals surface area contributed by atoms with Crippen molar-refractivity contribution in [2.45, 2.75) is 51.7 Å². The summed E-state index contributed by atoms with van der Waals surface area (Å²) in [4.78, 5) is 4.94. The van der Waals surface area contributed by atoms with Gasteiger partial charge in [-0.05, 0) is 52.7 Å². The average molecular weight is 240 g/mol. The molecule has 0 radical (unpaired) electrons. The first kappa shape index (κ1) is 13.3. The van der Waals surface area contributed by atoms with E-state index in [2.05, 4.69) is 23.6 Å². The van der Waals surface area contributed by atoms with E-state index in [1.807, 2.05) is 0 Å². The third-order valence-corrected chi connectivity index (χ3v) is 4.42. The van der Waals surface area contributed by atoms with Crippen LogP contribution >= 0.6 is 0 Å². The van der Waals surface area contributed by atoms with Crippen molar-refractivity contribution in [1.82, 2.24) is 9.80 Å². The molecule has 0 aliphatic carbocycles. The van der Waals surface area contributed by atoms with E-state index in [1.165, 1.54) is 45.3 Å². The minimum atomic E-state index is -0.114. The Balaban J connectivity index is 1.74. The highest BCUT2D eigenvalue weighted by atomic mass is 16.3. The second-order valence-corrected chi connectivity index (χ2v) is 6.07. The van der Waals surface area contributed by atoms with Crippen LogP contribution in [0.25, 0.3) is 0 Å². The van der Waals surface area contributed by atoms with Crippen molar-refractivity contribution in [2.75, 3.05) is 32.7 Å². The zero-order valence-corrected chi connectivity index (χ0v) is 11.4. The molecule has 0 amide bonds. The summed E-state index contributed by atoms with van der Waals surface area (Å²) in [6.07, 6.45) is 5.06. The molecule has 100 valence electrons. The van der Waals surface area contributed by atoms with Crippen molar-refractivity contribution in [3.63, 3.8) is 0 Å². The normalized spacial score (nSPS) is 30.0. The van der Waals surface area contributed by atoms with Gasteiger partial charge in [-0.1, -0.05) is 6.42 Å². The summed E-state index contributed by atoms with van der Waals surface area (Å²) >= 11 is 0. The molecule has 17 heavy (non-hydrogen) atoms. The largest absolute Gasteiger partial charge is 0.391 e. The smallest absolute Gasteiger partial charge is 0.0707 e. The predicted molar refractivity (Wildman–Crippen MR) is 71.1 cm³/mol. The van der Waals surface area contributed by atoms with E-state index in [0.29, 0.717) is 12.0 Å². The third-order valence-electron chi connectivity index (χ3n) is 4.42. The molecule has 1 N–H and O–H groups in total. The van der Waals surface area contributed by atoms with Crippen molar-refractivity contribution in [2.24, 2.45) is 5.92 Å². The standard InChI is InChI=1S/C14H28N2O/c1-12(2)16-9-6-13(10-16)14(17)11-15-7-4-3-5-8-15/h12-14,17H,3-11H2,1-2H3. The van der Waals surface area contributed by atoms with Gasteiger partial charge in [0.1, 0.15) is 0 Å². The van der Waals surface area contributed by atoms with Crippen molar-refractivity contribution in [3.05, 3.63) is 0 Å². The monoisotopic (exact) mass is 240 g/mol. The maximum absolute atomic E-state index is 10.3. The molecule has 3 heteroatoms. The summed E-state index contributed by atoms with van der Waals surface area (Å²) in [5.74, 6) is 0.499. The second-order valence-electron chi connectivity index (χ2n) is 6.07. The maximum Gasteiger partial charge on any atom is 0.0707 e. The Bertz CT molecular complexity index is 226. The van der Waals surface area contributed by atoms with Gasteiger partial charge in [-0.2, -0.15) is 0 Å². The number of β-amino-alcohol motifs (C(OH)–C–C–N with tert-alkyl or cyclic N) is 1. The lowest BCUT2D eigenvalue weighted by Crippen LogP contribution is -2.40. The molecular weight excluding hydrogens is 212 g/mol. The lowest BCUT2D eigenvalue weighted by atomic mass is 10.0. The Hall–Kier alpha value is -0.120. The average Bonchev–Trinajstić information content (AvgIpc) is 2.79. The maximum atomic E-state index is 10.3. The van der Waals surface area contributed by atoms with E-state index < -0.39 is 0 Å². The molecule has 3 nitrogen and oxygen atoms in total. The fourth-order valence-electron chi connectivity index (χ4n) is 3.15. The number of aliphatic hydroxyl groups excluding tert-OH is 1. The number of nitrogens with zero attached hydrogens (tertiary/aromatic N) is 2. The van der Waals surface area contributed by atoms with Crippen LogP contribution in [0.5, 0.6) is 0 Å². The Morgan fingerprint density at radius 2 is 1.82 bits per heavy atom. The minimum absolute atomic E-state index is 0.114. The second kappa shape index (κ2) is 6.17. The van der Waals surface area contributed by atoms with E-state index in [9.17, 15) is 5.11 Å². The van der Waals surface area contributed by atoms with Crippen molar-refractivity contribution < 1.29 is 5.11 Å². The topological polar surface area (TPSA) is 26.7 Å². The molecule has 2 unspecified atom stereocenters. The summed E-state index contributed by atoms with van der Waals surface area (Å²) in [7, 11) is 0. The van der Waals surface area contributed by atoms with E-state index in [-0.39, 0.29) is 6.10 Å². The van der Waals surface area contributed by atoms with Crippen molar-refractivity contribution in [1.29, 1.82) is 0 Å². The van der Waals surface area contributed by atoms with Crippen LogP contribution in [0.15, 0.2) is 0 Å². The molecule has 0 aromatic carbocycles. The molecule has 0 aromatic heterocycles. The van der Waals surface area contributed by atoms with E-state index in [1.54, 1.807) is 0 Å². The zero-order chi connectivity index (χ0) is 12.3. The molecule has 0 bridgehead atoms. The Morgan fingerprint density at radius 1 is 1.12 bits per heavy atom. The molecule has 2 aliphatic rings. The highest BCUT2D eigenvalue weighted by molar-refractivity contribution is 4.84. The minimum Gasteiger partial charge on any atom is -0.391 e. The van der Waals surface area contributed by atoms with Crippen LogP contribution in [0.2, 0.25) is 0 Å². The van der Waals surface area contributed by atoms with Gasteiger partial charge in [-0.3, -0.25) is 0 Å². The van der Waals surface area contributed by atoms with Crippen LogP contribution in [-0.4, -0.2) is 59.8 Å². The molecule has 2 atom stereocenters. The van der Waals surface area contributed by atoms with E-state index in [4.69, 9.17) is 0 Å². The Labute approximate surface area is 106 Å². The van der Waals surface area contributed by atoms with Crippen LogP contribution in [-0.2, 0) is 0 Å². The highest BCUT2D eigenvalue weighted by Crippen LogP contribution is 2.22. The van der Waals surface area contributed by atoms with Gasteiger partial charge in [0.2, 0.25) is 0 Å². The van der Waals surface area contributed by atoms with Crippen LogP contribution in [0.4, 0.5) is 0 Å². The number of rotatable bonds is 4. The molecule has 0 saturated carbocycles. The number of hydrogen-bond donors (Lipinski definition) is 1. The summed E-state index contributed by atoms with van der Waals surface area (Å²) in [6, 6.07) is 0.627. The van der Waals surface area contributed by atoms with Gasteiger partial charge in [0.15, 0.2) is 0 Å². The van der Waals surface area contributed by atoms with Gasteiger partial charge >= 0.3 is 0 Å². The van der Waals surface area contributed by atoms with Gasteiger partial charge in [-0.15, -0.1) is 0 Å². The Kier molecular flexibility index (Phi) is 4.83. The van der Waals surface area contributed by atoms with Gasteiger partial charge in [0.05, 0.1) is 6.10 Å². The fourth-order valence-corrected chi connectivity index (χ4v) is 3.15. The van der Waals surface area contributed by atoms with Gasteiger partial charge in [0, 0.05) is 25.0 Å². The third kappa shape index (κ3) is 3.67. The number of hydrogen-bond acceptors (Lipinski definition) is 3. The molecule has 0 spiro atoms. The first-order valence-corrected chi connectivity index (χ1v) is 7.31. The van der Waals surface area contributed by atoms with Crippen molar-refractivity contribution >= 4 is 0 Å². The van der Waals surface area contributed by atoms with Crippen LogP contribution in [0.3, 0.4) is 0 Å². The van der Waals surface area contributed by atoms with Crippen molar-refractivity contribution in [3.8, 4) is 0 Å². The predicted octanol–water partition coefficient (Wildman–Crippen LogP) is 1.56. The molecule has 2 fully saturated rings. The van der Waals surface area contributed by atoms with Crippen LogP contribution in [0.1, 0.15) is 39.5 Å². The molecule has 2 saturated heterocycles. The number of aliphatic hydroxyl groups is 1. The summed E-state index contributed by atoms with van der Waals surface area (Å²) < 4.78 is 0. The van der Waals surface area contributed by atoms with Gasteiger partial charge in [0.25, 0.3) is 0 Å². The highest BCUT2D eigenvalue weighted by Gasteiger charge is 2.30. The van der Waals surface area contributed by atoms with Crippen LogP contribution < -0.4 is 0 Å². The molecular formula is C14H28N2O. The molecule has 2 rings (SSSR count). The Morgan fingerprint density at radius 3 is 2.41 bits per heavy atom. The quantitative estimate of drug-likeness (QED) is 0.808. The molecule has 0 aromatic rings.